The highest BCUT2D eigenvalue weighted by atomic mass is 19.4. The molecule has 0 radical (unpaired) electrons. The van der Waals surface area contributed by atoms with Gasteiger partial charge in [0.25, 0.3) is 0 Å². The number of hydrogen-bond donors (Lipinski definition) is 2. The van der Waals surface area contributed by atoms with E-state index in [1.54, 1.807) is 6.07 Å². The number of alkyl halides is 3. The summed E-state index contributed by atoms with van der Waals surface area (Å²) in [6.45, 7) is 3.44. The molecule has 126 valence electrons. The van der Waals surface area contributed by atoms with Gasteiger partial charge in [-0.3, -0.25) is 4.79 Å². The average molecular weight is 329 g/mol. The topological polar surface area (TPSA) is 66.4 Å². The molecule has 0 spiro atoms. The molecular formula is C16H18F3NO3. The van der Waals surface area contributed by atoms with E-state index in [9.17, 15) is 22.8 Å². The van der Waals surface area contributed by atoms with Crippen LogP contribution in [0.5, 0.6) is 0 Å². The van der Waals surface area contributed by atoms with Gasteiger partial charge < -0.3 is 10.4 Å². The molecule has 0 saturated heterocycles. The zero-order valence-corrected chi connectivity index (χ0v) is 12.3. The molecule has 0 aliphatic carbocycles. The fourth-order valence-corrected chi connectivity index (χ4v) is 2.09. The lowest BCUT2D eigenvalue weighted by Crippen LogP contribution is -2.42. The second kappa shape index (κ2) is 8.36. The molecule has 23 heavy (non-hydrogen) atoms. The van der Waals surface area contributed by atoms with Crippen molar-refractivity contribution in [1.29, 1.82) is 0 Å². The first kappa shape index (κ1) is 18.7. The average Bonchev–Trinajstić information content (AvgIpc) is 2.48. The van der Waals surface area contributed by atoms with E-state index < -0.39 is 36.4 Å². The van der Waals surface area contributed by atoms with Gasteiger partial charge in [-0.1, -0.05) is 36.4 Å². The molecule has 0 fully saturated rings. The van der Waals surface area contributed by atoms with Crippen LogP contribution in [-0.4, -0.2) is 29.2 Å². The first-order chi connectivity index (χ1) is 10.8. The summed E-state index contributed by atoms with van der Waals surface area (Å²) in [5.74, 6) is -4.21. The van der Waals surface area contributed by atoms with Gasteiger partial charge in [0.2, 0.25) is 5.91 Å². The summed E-state index contributed by atoms with van der Waals surface area (Å²) < 4.78 is 39.5. The molecule has 0 aromatic heterocycles. The largest absolute Gasteiger partial charge is 0.480 e. The number of allylic oxidation sites excluding steroid dienone is 1. The highest BCUT2D eigenvalue weighted by Crippen LogP contribution is 2.37. The lowest BCUT2D eigenvalue weighted by molar-refractivity contribution is -0.158. The lowest BCUT2D eigenvalue weighted by Gasteiger charge is -2.21. The number of halogens is 3. The Morgan fingerprint density at radius 3 is 2.35 bits per heavy atom. The van der Waals surface area contributed by atoms with Crippen LogP contribution in [0.25, 0.3) is 0 Å². The number of carboxylic acids is 1. The van der Waals surface area contributed by atoms with E-state index in [2.05, 4.69) is 11.9 Å². The summed E-state index contributed by atoms with van der Waals surface area (Å²) in [5, 5.41) is 11.1. The molecule has 0 saturated carbocycles. The number of nitrogens with one attached hydrogen (secondary N) is 1. The Balaban J connectivity index is 2.81. The molecule has 0 heterocycles. The fraction of sp³-hybridized carbons (Fsp3) is 0.375. The Bertz CT molecular complexity index is 543. The van der Waals surface area contributed by atoms with Gasteiger partial charge >= 0.3 is 12.1 Å². The first-order valence-electron chi connectivity index (χ1n) is 7.00. The van der Waals surface area contributed by atoms with Crippen molar-refractivity contribution in [2.45, 2.75) is 37.4 Å². The maximum Gasteiger partial charge on any atom is 0.396 e. The Labute approximate surface area is 132 Å². The van der Waals surface area contributed by atoms with Crippen molar-refractivity contribution < 1.29 is 27.9 Å². The molecule has 4 nitrogen and oxygen atoms in total. The van der Waals surface area contributed by atoms with Crippen molar-refractivity contribution in [3.8, 4) is 0 Å². The Kier molecular flexibility index (Phi) is 6.81. The number of aliphatic carboxylic acids is 1. The van der Waals surface area contributed by atoms with E-state index in [4.69, 9.17) is 5.11 Å². The van der Waals surface area contributed by atoms with Crippen molar-refractivity contribution in [1.82, 2.24) is 5.32 Å². The van der Waals surface area contributed by atoms with Crippen molar-refractivity contribution in [3.05, 3.63) is 48.6 Å². The normalized spacial score (nSPS) is 13.9. The molecule has 2 atom stereocenters. The zero-order valence-electron chi connectivity index (χ0n) is 12.3. The van der Waals surface area contributed by atoms with Gasteiger partial charge in [0, 0.05) is 6.42 Å². The maximum atomic E-state index is 13.2. The van der Waals surface area contributed by atoms with E-state index in [0.29, 0.717) is 6.42 Å². The predicted octanol–water partition coefficient (Wildman–Crippen LogP) is 3.26. The highest BCUT2D eigenvalue weighted by Gasteiger charge is 2.42. The monoisotopic (exact) mass is 329 g/mol. The Morgan fingerprint density at radius 1 is 1.26 bits per heavy atom. The minimum absolute atomic E-state index is 0.0342. The van der Waals surface area contributed by atoms with Gasteiger partial charge in [-0.2, -0.15) is 13.2 Å². The number of benzene rings is 1. The molecule has 2 unspecified atom stereocenters. The summed E-state index contributed by atoms with van der Waals surface area (Å²) in [7, 11) is 0. The minimum atomic E-state index is -4.60. The SMILES string of the molecule is C=CCCC(NC(=O)CC(c1ccccc1)C(F)(F)F)C(=O)O. The summed E-state index contributed by atoms with van der Waals surface area (Å²) in [4.78, 5) is 22.9. The van der Waals surface area contributed by atoms with Gasteiger partial charge in [0.1, 0.15) is 6.04 Å². The number of carbonyl (C=O) groups excluding carboxylic acids is 1. The molecule has 2 N–H and O–H groups in total. The molecule has 1 rings (SSSR count). The summed E-state index contributed by atoms with van der Waals surface area (Å²) in [5.41, 5.74) is -0.0342. The van der Waals surface area contributed by atoms with Crippen molar-refractivity contribution in [2.75, 3.05) is 0 Å². The molecule has 1 aromatic carbocycles. The number of carbonyl (C=O) groups is 2. The quantitative estimate of drug-likeness (QED) is 0.720. The van der Waals surface area contributed by atoms with Gasteiger partial charge in [-0.05, 0) is 18.4 Å². The maximum absolute atomic E-state index is 13.2. The summed E-state index contributed by atoms with van der Waals surface area (Å²) in [6, 6.07) is 5.83. The third-order valence-electron chi connectivity index (χ3n) is 3.28. The smallest absolute Gasteiger partial charge is 0.396 e. The third-order valence-corrected chi connectivity index (χ3v) is 3.28. The van der Waals surface area contributed by atoms with E-state index >= 15 is 0 Å². The molecule has 1 amide bonds. The second-order valence-electron chi connectivity index (χ2n) is 5.03. The van der Waals surface area contributed by atoms with Crippen molar-refractivity contribution in [3.63, 3.8) is 0 Å². The van der Waals surface area contributed by atoms with Crippen LogP contribution in [0.1, 0.15) is 30.7 Å². The highest BCUT2D eigenvalue weighted by molar-refractivity contribution is 5.84. The number of rotatable bonds is 8. The Morgan fingerprint density at radius 2 is 1.87 bits per heavy atom. The number of hydrogen-bond acceptors (Lipinski definition) is 2. The minimum Gasteiger partial charge on any atom is -0.480 e. The molecule has 0 aliphatic heterocycles. The lowest BCUT2D eigenvalue weighted by atomic mass is 9.94. The van der Waals surface area contributed by atoms with E-state index in [1.165, 1.54) is 30.3 Å². The summed E-state index contributed by atoms with van der Waals surface area (Å²) in [6.07, 6.45) is -3.57. The van der Waals surface area contributed by atoms with Gasteiger partial charge in [0.15, 0.2) is 0 Å². The zero-order chi connectivity index (χ0) is 17.5. The van der Waals surface area contributed by atoms with E-state index in [1.807, 2.05) is 0 Å². The molecular weight excluding hydrogens is 311 g/mol. The van der Waals surface area contributed by atoms with Crippen LogP contribution in [-0.2, 0) is 9.59 Å². The van der Waals surface area contributed by atoms with Crippen molar-refractivity contribution >= 4 is 11.9 Å². The number of carboxylic acid groups (broad SMARTS) is 1. The number of amides is 1. The van der Waals surface area contributed by atoms with Crippen LogP contribution in [0.4, 0.5) is 13.2 Å². The van der Waals surface area contributed by atoms with Crippen molar-refractivity contribution in [2.24, 2.45) is 0 Å². The fourth-order valence-electron chi connectivity index (χ4n) is 2.09. The predicted molar refractivity (Wildman–Crippen MR) is 78.9 cm³/mol. The first-order valence-corrected chi connectivity index (χ1v) is 7.00. The van der Waals surface area contributed by atoms with Crippen LogP contribution >= 0.6 is 0 Å². The Hall–Kier alpha value is -2.31. The van der Waals surface area contributed by atoms with Gasteiger partial charge in [-0.15, -0.1) is 6.58 Å². The molecule has 0 aliphatic rings. The van der Waals surface area contributed by atoms with Crippen LogP contribution in [0, 0.1) is 0 Å². The standard InChI is InChI=1S/C16H18F3NO3/c1-2-3-9-13(15(22)23)20-14(21)10-12(16(17,18)19)11-7-5-4-6-8-11/h2,4-8,12-13H,1,3,9-10H2,(H,20,21)(H,22,23). The van der Waals surface area contributed by atoms with Crippen LogP contribution in [0.15, 0.2) is 43.0 Å². The van der Waals surface area contributed by atoms with Crippen LogP contribution < -0.4 is 5.32 Å². The van der Waals surface area contributed by atoms with Gasteiger partial charge in [-0.25, -0.2) is 4.79 Å². The van der Waals surface area contributed by atoms with Crippen LogP contribution in [0.3, 0.4) is 0 Å². The summed E-state index contributed by atoms with van der Waals surface area (Å²) >= 11 is 0. The van der Waals surface area contributed by atoms with E-state index in [0.717, 1.165) is 0 Å². The van der Waals surface area contributed by atoms with E-state index in [-0.39, 0.29) is 12.0 Å². The molecule has 0 bridgehead atoms. The third kappa shape index (κ3) is 6.14. The van der Waals surface area contributed by atoms with Crippen LogP contribution in [0.2, 0.25) is 0 Å². The van der Waals surface area contributed by atoms with Gasteiger partial charge in [0.05, 0.1) is 5.92 Å². The molecule has 1 aromatic rings. The second-order valence-corrected chi connectivity index (χ2v) is 5.03. The molecule has 7 heteroatoms.